The highest BCUT2D eigenvalue weighted by molar-refractivity contribution is 7.98. The number of aromatic nitrogens is 4. The topological polar surface area (TPSA) is 85.9 Å². The summed E-state index contributed by atoms with van der Waals surface area (Å²) in [6, 6.07) is 3.71. The predicted molar refractivity (Wildman–Crippen MR) is 78.0 cm³/mol. The summed E-state index contributed by atoms with van der Waals surface area (Å²) in [5.41, 5.74) is 1.62. The number of pyridine rings is 1. The third kappa shape index (κ3) is 4.45. The van der Waals surface area contributed by atoms with Crippen LogP contribution in [0.25, 0.3) is 11.3 Å². The first kappa shape index (κ1) is 15.8. The Morgan fingerprint density at radius 1 is 1.33 bits per heavy atom. The molecule has 2 heterocycles. The van der Waals surface area contributed by atoms with E-state index in [1.165, 1.54) is 11.8 Å². The Hall–Kier alpha value is -1.58. The lowest BCUT2D eigenvalue weighted by atomic mass is 10.2. The molecule has 0 aromatic carbocycles. The second kappa shape index (κ2) is 6.92. The molecule has 2 aromatic rings. The number of hydrogen-bond acceptors (Lipinski definition) is 7. The summed E-state index contributed by atoms with van der Waals surface area (Å²) in [6.07, 6.45) is 7.06. The van der Waals surface area contributed by atoms with Gasteiger partial charge in [0.15, 0.2) is 18.9 Å². The van der Waals surface area contributed by atoms with Crippen LogP contribution in [0.5, 0.6) is 0 Å². The molecule has 0 aliphatic carbocycles. The predicted octanol–water partition coefficient (Wildman–Crippen LogP) is 0.524. The van der Waals surface area contributed by atoms with Crippen molar-refractivity contribution in [2.24, 2.45) is 0 Å². The van der Waals surface area contributed by atoms with Crippen molar-refractivity contribution in [2.75, 3.05) is 19.1 Å². The average Bonchev–Trinajstić information content (AvgIpc) is 2.53. The van der Waals surface area contributed by atoms with Gasteiger partial charge in [0, 0.05) is 17.7 Å². The van der Waals surface area contributed by atoms with Crippen molar-refractivity contribution >= 4 is 21.9 Å². The Kier molecular flexibility index (Phi) is 5.21. The monoisotopic (exact) mass is 327 g/mol. The van der Waals surface area contributed by atoms with Crippen molar-refractivity contribution < 1.29 is 17.2 Å². The van der Waals surface area contributed by atoms with E-state index in [0.717, 1.165) is 18.4 Å². The van der Waals surface area contributed by atoms with Gasteiger partial charge in [0.1, 0.15) is 5.75 Å². The maximum atomic E-state index is 11.3. The van der Waals surface area contributed by atoms with E-state index in [-0.39, 0.29) is 5.75 Å². The van der Waals surface area contributed by atoms with Crippen LogP contribution in [0.3, 0.4) is 0 Å². The number of aryl methyl sites for hydroxylation is 1. The minimum Gasteiger partial charge on any atom is -0.273 e. The highest BCUT2D eigenvalue weighted by Crippen LogP contribution is 2.16. The Morgan fingerprint density at radius 3 is 2.67 bits per heavy atom. The first-order chi connectivity index (χ1) is 10.0. The van der Waals surface area contributed by atoms with Crippen LogP contribution in [0.2, 0.25) is 0 Å². The lowest BCUT2D eigenvalue weighted by Gasteiger charge is -2.01. The van der Waals surface area contributed by atoms with Gasteiger partial charge in [-0.05, 0) is 6.26 Å². The van der Waals surface area contributed by atoms with E-state index in [1.54, 1.807) is 23.2 Å². The smallest absolute Gasteiger partial charge is 0.273 e. The molecule has 2 rings (SSSR count). The molecule has 0 atom stereocenters. The lowest BCUT2D eigenvalue weighted by molar-refractivity contribution is -0.692. The summed E-state index contributed by atoms with van der Waals surface area (Å²) in [5, 5.41) is 8.39. The lowest BCUT2D eigenvalue weighted by Crippen LogP contribution is -2.36. The van der Waals surface area contributed by atoms with Gasteiger partial charge in [0.05, 0.1) is 19.0 Å². The molecule has 0 aliphatic heterocycles. The molecule has 21 heavy (non-hydrogen) atoms. The van der Waals surface area contributed by atoms with Crippen molar-refractivity contribution in [3.8, 4) is 11.3 Å². The highest BCUT2D eigenvalue weighted by Gasteiger charge is 2.13. The van der Waals surface area contributed by atoms with Crippen LogP contribution in [0.15, 0.2) is 35.9 Å². The minimum atomic E-state index is -3.44. The van der Waals surface area contributed by atoms with Gasteiger partial charge in [-0.1, -0.05) is 11.8 Å². The van der Waals surface area contributed by atoms with Crippen LogP contribution in [0.4, 0.5) is 0 Å². The van der Waals surface area contributed by atoms with Gasteiger partial charge < -0.3 is 0 Å². The van der Waals surface area contributed by atoms with Gasteiger partial charge >= 0.3 is 0 Å². The van der Waals surface area contributed by atoms with Crippen molar-refractivity contribution in [1.29, 1.82) is 0 Å². The zero-order chi connectivity index (χ0) is 15.3. The summed E-state index contributed by atoms with van der Waals surface area (Å²) < 4.78 is 28.7. The van der Waals surface area contributed by atoms with Gasteiger partial charge in [0.2, 0.25) is 5.16 Å². The number of rotatable bonds is 6. The molecule has 2 aromatic heterocycles. The van der Waals surface area contributed by atoms with E-state index < -0.39 is 10.1 Å². The normalized spacial score (nSPS) is 11.5. The molecule has 0 unspecified atom stereocenters. The Bertz CT molecular complexity index is 705. The second-order valence-corrected chi connectivity index (χ2v) is 6.71. The summed E-state index contributed by atoms with van der Waals surface area (Å²) in [5.74, 6) is -0.0702. The number of nitrogens with zero attached hydrogens (tertiary/aromatic N) is 4. The Labute approximate surface area is 127 Å². The summed E-state index contributed by atoms with van der Waals surface area (Å²) >= 11 is 1.42. The Morgan fingerprint density at radius 2 is 2.05 bits per heavy atom. The molecular formula is C12H15N4O3S2+. The third-order valence-electron chi connectivity index (χ3n) is 2.76. The van der Waals surface area contributed by atoms with Crippen LogP contribution >= 0.6 is 11.8 Å². The molecule has 0 N–H and O–H groups in total. The highest BCUT2D eigenvalue weighted by atomic mass is 32.2. The van der Waals surface area contributed by atoms with Crippen molar-refractivity contribution in [3.63, 3.8) is 0 Å². The number of hydrogen-bond donors (Lipinski definition) is 0. The second-order valence-electron chi connectivity index (χ2n) is 4.08. The van der Waals surface area contributed by atoms with Crippen molar-refractivity contribution in [2.45, 2.75) is 11.7 Å². The SMILES string of the molecule is COS(=O)(=O)CC[n+]1ccc(-c2cnnc(SC)n2)cc1. The van der Waals surface area contributed by atoms with E-state index in [4.69, 9.17) is 0 Å². The zero-order valence-corrected chi connectivity index (χ0v) is 13.3. The fourth-order valence-electron chi connectivity index (χ4n) is 1.59. The molecule has 0 fully saturated rings. The first-order valence-corrected chi connectivity index (χ1v) is 8.86. The van der Waals surface area contributed by atoms with Gasteiger partial charge in [-0.3, -0.25) is 4.18 Å². The van der Waals surface area contributed by atoms with Crippen LogP contribution in [-0.2, 0) is 20.8 Å². The fraction of sp³-hybridized carbons (Fsp3) is 0.333. The molecule has 0 amide bonds. The first-order valence-electron chi connectivity index (χ1n) is 6.05. The fourth-order valence-corrected chi connectivity index (χ4v) is 2.51. The minimum absolute atomic E-state index is 0.0702. The molecule has 0 spiro atoms. The molecule has 0 bridgehead atoms. The van der Waals surface area contributed by atoms with E-state index >= 15 is 0 Å². The maximum Gasteiger partial charge on any atom is 0.273 e. The molecule has 112 valence electrons. The molecule has 0 saturated carbocycles. The van der Waals surface area contributed by atoms with Gasteiger partial charge in [0.25, 0.3) is 10.1 Å². The number of thioether (sulfide) groups is 1. The van der Waals surface area contributed by atoms with Crippen LogP contribution in [0.1, 0.15) is 0 Å². The van der Waals surface area contributed by atoms with E-state index in [0.29, 0.717) is 11.7 Å². The van der Waals surface area contributed by atoms with E-state index in [2.05, 4.69) is 19.4 Å². The Balaban J connectivity index is 2.11. The van der Waals surface area contributed by atoms with Crippen LogP contribution < -0.4 is 4.57 Å². The summed E-state index contributed by atoms with van der Waals surface area (Å²) in [7, 11) is -2.28. The molecule has 0 radical (unpaired) electrons. The third-order valence-corrected chi connectivity index (χ3v) is 4.49. The molecule has 7 nitrogen and oxygen atoms in total. The van der Waals surface area contributed by atoms with Crippen LogP contribution in [-0.4, -0.2) is 42.7 Å². The average molecular weight is 327 g/mol. The summed E-state index contributed by atoms with van der Waals surface area (Å²) in [6.45, 7) is 0.328. The maximum absolute atomic E-state index is 11.3. The molecule has 0 saturated heterocycles. The van der Waals surface area contributed by atoms with Crippen molar-refractivity contribution in [1.82, 2.24) is 15.2 Å². The van der Waals surface area contributed by atoms with E-state index in [1.807, 2.05) is 18.4 Å². The summed E-state index contributed by atoms with van der Waals surface area (Å²) in [4.78, 5) is 4.35. The van der Waals surface area contributed by atoms with Gasteiger partial charge in [-0.2, -0.15) is 13.5 Å². The quantitative estimate of drug-likeness (QED) is 0.434. The van der Waals surface area contributed by atoms with Crippen LogP contribution in [0, 0.1) is 0 Å². The zero-order valence-electron chi connectivity index (χ0n) is 11.6. The van der Waals surface area contributed by atoms with Gasteiger partial charge in [-0.15, -0.1) is 5.10 Å². The van der Waals surface area contributed by atoms with Gasteiger partial charge in [-0.25, -0.2) is 9.55 Å². The molecule has 0 aliphatic rings. The largest absolute Gasteiger partial charge is 0.273 e. The van der Waals surface area contributed by atoms with Crippen molar-refractivity contribution in [3.05, 3.63) is 30.7 Å². The molecule has 9 heteroatoms. The van der Waals surface area contributed by atoms with E-state index in [9.17, 15) is 8.42 Å². The molecular weight excluding hydrogens is 312 g/mol. The standard InChI is InChI=1S/C12H15N4O3S2/c1-19-21(17,18)8-7-16-5-3-10(4-6-16)11-9-13-15-12(14-11)20-2/h3-6,9H,7-8H2,1-2H3/q+1.